The maximum atomic E-state index is 4.52. The van der Waals surface area contributed by atoms with Crippen molar-refractivity contribution in [3.05, 3.63) is 47.1 Å². The Labute approximate surface area is 106 Å². The van der Waals surface area contributed by atoms with Gasteiger partial charge in [-0.2, -0.15) is 0 Å². The van der Waals surface area contributed by atoms with Crippen molar-refractivity contribution in [1.82, 2.24) is 19.4 Å². The number of nitrogens with zero attached hydrogens (tertiary/aromatic N) is 4. The van der Waals surface area contributed by atoms with Gasteiger partial charge in [-0.3, -0.25) is 9.97 Å². The SMILES string of the molecule is Cc1c(Br)ccc2nc(-c3cnccn3)cn12. The Morgan fingerprint density at radius 3 is 2.82 bits per heavy atom. The largest absolute Gasteiger partial charge is 0.303 e. The third-order valence-electron chi connectivity index (χ3n) is 2.64. The van der Waals surface area contributed by atoms with Gasteiger partial charge in [-0.05, 0) is 35.0 Å². The predicted molar refractivity (Wildman–Crippen MR) is 68.7 cm³/mol. The molecule has 0 atom stereocenters. The van der Waals surface area contributed by atoms with Crippen molar-refractivity contribution < 1.29 is 0 Å². The van der Waals surface area contributed by atoms with Gasteiger partial charge in [-0.1, -0.05) is 0 Å². The first kappa shape index (κ1) is 10.4. The summed E-state index contributed by atoms with van der Waals surface area (Å²) in [6, 6.07) is 3.97. The van der Waals surface area contributed by atoms with Crippen LogP contribution in [-0.2, 0) is 0 Å². The highest BCUT2D eigenvalue weighted by atomic mass is 79.9. The van der Waals surface area contributed by atoms with Crippen LogP contribution in [0.1, 0.15) is 5.69 Å². The number of pyridine rings is 1. The smallest absolute Gasteiger partial charge is 0.137 e. The normalized spacial score (nSPS) is 10.9. The maximum absolute atomic E-state index is 4.52. The zero-order chi connectivity index (χ0) is 11.8. The molecule has 0 aliphatic heterocycles. The average Bonchev–Trinajstić information content (AvgIpc) is 2.80. The Balaban J connectivity index is 2.24. The fraction of sp³-hybridized carbons (Fsp3) is 0.0833. The molecule has 0 fully saturated rings. The highest BCUT2D eigenvalue weighted by molar-refractivity contribution is 9.10. The summed E-state index contributed by atoms with van der Waals surface area (Å²) in [5.41, 5.74) is 3.64. The molecule has 3 aromatic heterocycles. The minimum absolute atomic E-state index is 0.784. The molecule has 3 heterocycles. The zero-order valence-electron chi connectivity index (χ0n) is 9.13. The average molecular weight is 289 g/mol. The molecule has 0 radical (unpaired) electrons. The van der Waals surface area contributed by atoms with E-state index in [2.05, 4.69) is 30.9 Å². The van der Waals surface area contributed by atoms with E-state index in [9.17, 15) is 0 Å². The van der Waals surface area contributed by atoms with Crippen LogP contribution in [-0.4, -0.2) is 19.4 Å². The van der Waals surface area contributed by atoms with E-state index in [4.69, 9.17) is 0 Å². The summed E-state index contributed by atoms with van der Waals surface area (Å²) in [5.74, 6) is 0. The number of hydrogen-bond acceptors (Lipinski definition) is 3. The van der Waals surface area contributed by atoms with Crippen molar-refractivity contribution in [1.29, 1.82) is 0 Å². The van der Waals surface area contributed by atoms with Gasteiger partial charge >= 0.3 is 0 Å². The second-order valence-electron chi connectivity index (χ2n) is 3.71. The van der Waals surface area contributed by atoms with Crippen molar-refractivity contribution >= 4 is 21.6 Å². The van der Waals surface area contributed by atoms with Gasteiger partial charge in [0.25, 0.3) is 0 Å². The molecule has 4 nitrogen and oxygen atoms in total. The molecule has 0 spiro atoms. The number of aromatic nitrogens is 4. The fourth-order valence-electron chi connectivity index (χ4n) is 1.72. The molecule has 0 aliphatic carbocycles. The molecule has 0 aliphatic rings. The summed E-state index contributed by atoms with van der Waals surface area (Å²) in [4.78, 5) is 12.8. The van der Waals surface area contributed by atoms with Crippen molar-refractivity contribution in [3.8, 4) is 11.4 Å². The van der Waals surface area contributed by atoms with Gasteiger partial charge in [0.2, 0.25) is 0 Å². The highest BCUT2D eigenvalue weighted by Crippen LogP contribution is 2.21. The van der Waals surface area contributed by atoms with E-state index in [0.29, 0.717) is 0 Å². The molecule has 0 aromatic carbocycles. The molecule has 3 rings (SSSR count). The van der Waals surface area contributed by atoms with Crippen molar-refractivity contribution in [2.24, 2.45) is 0 Å². The van der Waals surface area contributed by atoms with E-state index < -0.39 is 0 Å². The summed E-state index contributed by atoms with van der Waals surface area (Å²) < 4.78 is 3.10. The Hall–Kier alpha value is -1.75. The molecule has 0 saturated heterocycles. The first-order chi connectivity index (χ1) is 8.25. The van der Waals surface area contributed by atoms with Gasteiger partial charge in [0.1, 0.15) is 17.0 Å². The molecule has 0 bridgehead atoms. The van der Waals surface area contributed by atoms with Crippen LogP contribution < -0.4 is 0 Å². The number of fused-ring (bicyclic) bond motifs is 1. The van der Waals surface area contributed by atoms with Crippen LogP contribution in [0.3, 0.4) is 0 Å². The second kappa shape index (κ2) is 3.92. The Morgan fingerprint density at radius 2 is 2.06 bits per heavy atom. The maximum Gasteiger partial charge on any atom is 0.137 e. The van der Waals surface area contributed by atoms with E-state index in [1.165, 1.54) is 0 Å². The molecule has 5 heteroatoms. The summed E-state index contributed by atoms with van der Waals surface area (Å²) in [6.07, 6.45) is 7.01. The zero-order valence-corrected chi connectivity index (χ0v) is 10.7. The van der Waals surface area contributed by atoms with E-state index in [-0.39, 0.29) is 0 Å². The highest BCUT2D eigenvalue weighted by Gasteiger charge is 2.08. The van der Waals surface area contributed by atoms with Crippen LogP contribution in [0.15, 0.2) is 41.4 Å². The van der Waals surface area contributed by atoms with Gasteiger partial charge in [0.05, 0.1) is 6.20 Å². The Bertz CT molecular complexity index is 676. The van der Waals surface area contributed by atoms with Gasteiger partial charge in [0, 0.05) is 28.8 Å². The molecule has 0 saturated carbocycles. The molecule has 3 aromatic rings. The minimum Gasteiger partial charge on any atom is -0.303 e. The summed E-state index contributed by atoms with van der Waals surface area (Å²) in [6.45, 7) is 2.04. The van der Waals surface area contributed by atoms with Crippen LogP contribution in [0.2, 0.25) is 0 Å². The van der Waals surface area contributed by atoms with Crippen LogP contribution in [0.25, 0.3) is 17.0 Å². The van der Waals surface area contributed by atoms with E-state index in [1.54, 1.807) is 18.6 Å². The summed E-state index contributed by atoms with van der Waals surface area (Å²) >= 11 is 3.51. The van der Waals surface area contributed by atoms with E-state index in [1.807, 2.05) is 29.7 Å². The monoisotopic (exact) mass is 288 g/mol. The van der Waals surface area contributed by atoms with Crippen molar-refractivity contribution in [2.75, 3.05) is 0 Å². The molecular weight excluding hydrogens is 280 g/mol. The van der Waals surface area contributed by atoms with Crippen molar-refractivity contribution in [3.63, 3.8) is 0 Å². The van der Waals surface area contributed by atoms with Gasteiger partial charge in [-0.25, -0.2) is 4.98 Å². The molecule has 0 unspecified atom stereocenters. The number of hydrogen-bond donors (Lipinski definition) is 0. The number of aryl methyl sites for hydroxylation is 1. The standard InChI is InChI=1S/C12H9BrN4/c1-8-9(13)2-3-12-16-11(7-17(8)12)10-6-14-4-5-15-10/h2-7H,1H3. The van der Waals surface area contributed by atoms with Crippen LogP contribution >= 0.6 is 15.9 Å². The first-order valence-electron chi connectivity index (χ1n) is 5.16. The molecule has 0 N–H and O–H groups in total. The lowest BCUT2D eigenvalue weighted by molar-refractivity contribution is 1.08. The van der Waals surface area contributed by atoms with Gasteiger partial charge in [-0.15, -0.1) is 0 Å². The molecular formula is C12H9BrN4. The van der Waals surface area contributed by atoms with Gasteiger partial charge < -0.3 is 4.40 Å². The van der Waals surface area contributed by atoms with Crippen LogP contribution in [0.5, 0.6) is 0 Å². The topological polar surface area (TPSA) is 43.1 Å². The van der Waals surface area contributed by atoms with E-state index >= 15 is 0 Å². The number of rotatable bonds is 1. The number of halogens is 1. The van der Waals surface area contributed by atoms with Crippen LogP contribution in [0, 0.1) is 6.92 Å². The quantitative estimate of drug-likeness (QED) is 0.692. The molecule has 17 heavy (non-hydrogen) atoms. The molecule has 0 amide bonds. The Kier molecular flexibility index (Phi) is 2.40. The molecule has 84 valence electrons. The first-order valence-corrected chi connectivity index (χ1v) is 5.95. The van der Waals surface area contributed by atoms with E-state index in [0.717, 1.165) is 27.2 Å². The fourth-order valence-corrected chi connectivity index (χ4v) is 2.04. The predicted octanol–water partition coefficient (Wildman–Crippen LogP) is 2.86. The van der Waals surface area contributed by atoms with Crippen molar-refractivity contribution in [2.45, 2.75) is 6.92 Å². The summed E-state index contributed by atoms with van der Waals surface area (Å²) in [7, 11) is 0. The third-order valence-corrected chi connectivity index (χ3v) is 3.48. The van der Waals surface area contributed by atoms with Crippen LogP contribution in [0.4, 0.5) is 0 Å². The number of imidazole rings is 1. The summed E-state index contributed by atoms with van der Waals surface area (Å²) in [5, 5.41) is 0. The third kappa shape index (κ3) is 1.72. The Morgan fingerprint density at radius 1 is 1.18 bits per heavy atom. The van der Waals surface area contributed by atoms with Gasteiger partial charge in [0.15, 0.2) is 0 Å². The second-order valence-corrected chi connectivity index (χ2v) is 4.57. The lowest BCUT2D eigenvalue weighted by atomic mass is 10.3. The lowest BCUT2D eigenvalue weighted by Gasteiger charge is -2.00. The minimum atomic E-state index is 0.784. The lowest BCUT2D eigenvalue weighted by Crippen LogP contribution is -1.89.